The van der Waals surface area contributed by atoms with Gasteiger partial charge in [0, 0.05) is 0 Å². The van der Waals surface area contributed by atoms with E-state index in [0.29, 0.717) is 12.3 Å². The fourth-order valence-corrected chi connectivity index (χ4v) is 8.11. The van der Waals surface area contributed by atoms with E-state index in [0.717, 1.165) is 62.4 Å². The summed E-state index contributed by atoms with van der Waals surface area (Å²) in [5.41, 5.74) is 1.56. The van der Waals surface area contributed by atoms with Gasteiger partial charge in [-0.2, -0.15) is 8.42 Å². The second-order valence-electron chi connectivity index (χ2n) is 12.2. The van der Waals surface area contributed by atoms with Crippen molar-refractivity contribution in [3.05, 3.63) is 24.3 Å². The molecule has 3 rings (SSSR count). The van der Waals surface area contributed by atoms with E-state index in [9.17, 15) is 8.42 Å². The molecular weight excluding hydrogens is 444 g/mol. The zero-order valence-electron chi connectivity index (χ0n) is 22.4. The fraction of sp³-hybridized carbons (Fsp3) is 0.862. The zero-order chi connectivity index (χ0) is 24.9. The minimum atomic E-state index is -3.89. The molecule has 0 saturated heterocycles. The van der Waals surface area contributed by atoms with Gasteiger partial charge in [-0.3, -0.25) is 4.18 Å². The molecule has 0 unspecified atom stereocenters. The Morgan fingerprint density at radius 3 is 2.65 bits per heavy atom. The van der Waals surface area contributed by atoms with E-state index in [-0.39, 0.29) is 11.5 Å². The van der Waals surface area contributed by atoms with E-state index < -0.39 is 10.4 Å². The normalized spacial score (nSPS) is 35.1. The Bertz CT molecular complexity index is 801. The minimum absolute atomic E-state index is 0.142. The Balaban J connectivity index is 1.69. The number of rotatable bonds is 12. The maximum absolute atomic E-state index is 11.8. The molecule has 7 atom stereocenters. The van der Waals surface area contributed by atoms with Crippen LogP contribution in [0.1, 0.15) is 105 Å². The second-order valence-corrected chi connectivity index (χ2v) is 13.5. The Morgan fingerprint density at radius 2 is 1.97 bits per heavy atom. The van der Waals surface area contributed by atoms with Crippen molar-refractivity contribution in [3.63, 3.8) is 0 Å². The van der Waals surface area contributed by atoms with Gasteiger partial charge in [-0.15, -0.1) is 6.58 Å². The third-order valence-electron chi connectivity index (χ3n) is 9.64. The van der Waals surface area contributed by atoms with E-state index in [1.807, 2.05) is 0 Å². The average Bonchev–Trinajstić information content (AvgIpc) is 3.27. The van der Waals surface area contributed by atoms with E-state index in [4.69, 9.17) is 4.18 Å². The minimum Gasteiger partial charge on any atom is -0.252 e. The highest BCUT2D eigenvalue weighted by molar-refractivity contribution is 7.81. The largest absolute Gasteiger partial charge is 0.399 e. The standard InChI is InChI=1S/C29H50O4S/c1-7-8-12-28-27(24-14-13-23(19-24)22(4)11-9-10-21(2)3)16-15-25-20-26(17-18-29(25,28)5)33-34(30,31)32-6/h7,15,21-24,26-28H,1,8-14,16-20H2,2-6H3/t22-,23+,24-,26+,27+,28+,29+/m1/s1. The SMILES string of the molecule is C=CCC[C@H]1[C@H]([C@@H]2CC[C@H]([C@H](C)CCCC(C)C)C2)CC=C2C[C@@H](OS(=O)(=O)OC)CC[C@@]21C. The van der Waals surface area contributed by atoms with Gasteiger partial charge in [0.1, 0.15) is 0 Å². The molecule has 34 heavy (non-hydrogen) atoms. The van der Waals surface area contributed by atoms with Crippen LogP contribution in [0.25, 0.3) is 0 Å². The number of fused-ring (bicyclic) bond motifs is 1. The molecule has 0 amide bonds. The Labute approximate surface area is 210 Å². The quantitative estimate of drug-likeness (QED) is 0.259. The molecule has 3 aliphatic rings. The third kappa shape index (κ3) is 6.76. The Kier molecular flexibility index (Phi) is 9.91. The van der Waals surface area contributed by atoms with Crippen LogP contribution in [0.4, 0.5) is 0 Å². The molecule has 4 nitrogen and oxygen atoms in total. The van der Waals surface area contributed by atoms with Crippen LogP contribution < -0.4 is 0 Å². The molecule has 2 saturated carbocycles. The highest BCUT2D eigenvalue weighted by Crippen LogP contribution is 2.58. The fourth-order valence-electron chi connectivity index (χ4n) is 7.54. The number of hydrogen-bond donors (Lipinski definition) is 0. The van der Waals surface area contributed by atoms with Crippen molar-refractivity contribution in [2.75, 3.05) is 7.11 Å². The highest BCUT2D eigenvalue weighted by Gasteiger charge is 2.49. The average molecular weight is 495 g/mol. The molecule has 196 valence electrons. The highest BCUT2D eigenvalue weighted by atomic mass is 32.3. The van der Waals surface area contributed by atoms with Crippen molar-refractivity contribution in [2.45, 2.75) is 111 Å². The molecule has 0 spiro atoms. The van der Waals surface area contributed by atoms with Gasteiger partial charge in [0.05, 0.1) is 13.2 Å². The summed E-state index contributed by atoms with van der Waals surface area (Å²) in [6.45, 7) is 13.6. The first-order valence-electron chi connectivity index (χ1n) is 13.9. The van der Waals surface area contributed by atoms with E-state index >= 15 is 0 Å². The van der Waals surface area contributed by atoms with Gasteiger partial charge in [0.2, 0.25) is 0 Å². The summed E-state index contributed by atoms with van der Waals surface area (Å²) in [5, 5.41) is 0. The van der Waals surface area contributed by atoms with Crippen LogP contribution in [0.15, 0.2) is 24.3 Å². The lowest BCUT2D eigenvalue weighted by Gasteiger charge is -2.52. The van der Waals surface area contributed by atoms with E-state index in [1.165, 1.54) is 50.5 Å². The first kappa shape index (κ1) is 27.9. The molecule has 0 radical (unpaired) electrons. The molecule has 0 aromatic carbocycles. The van der Waals surface area contributed by atoms with Gasteiger partial charge >= 0.3 is 10.4 Å². The molecule has 2 fully saturated rings. The molecule has 0 aromatic heterocycles. The summed E-state index contributed by atoms with van der Waals surface area (Å²) in [6, 6.07) is 0. The molecule has 0 heterocycles. The van der Waals surface area contributed by atoms with Gasteiger partial charge in [0.15, 0.2) is 0 Å². The van der Waals surface area contributed by atoms with E-state index in [1.54, 1.807) is 0 Å². The van der Waals surface area contributed by atoms with Crippen LogP contribution in [0.3, 0.4) is 0 Å². The predicted molar refractivity (Wildman–Crippen MR) is 141 cm³/mol. The van der Waals surface area contributed by atoms with Crippen molar-refractivity contribution >= 4 is 10.4 Å². The first-order chi connectivity index (χ1) is 16.1. The maximum atomic E-state index is 11.8. The van der Waals surface area contributed by atoms with Crippen molar-refractivity contribution in [1.29, 1.82) is 0 Å². The monoisotopic (exact) mass is 494 g/mol. The molecule has 3 aliphatic carbocycles. The van der Waals surface area contributed by atoms with Crippen molar-refractivity contribution in [1.82, 2.24) is 0 Å². The summed E-state index contributed by atoms with van der Waals surface area (Å²) in [6.07, 6.45) is 18.4. The number of hydrogen-bond acceptors (Lipinski definition) is 4. The van der Waals surface area contributed by atoms with Crippen LogP contribution in [0.5, 0.6) is 0 Å². The molecular formula is C29H50O4S. The maximum Gasteiger partial charge on any atom is 0.399 e. The third-order valence-corrected chi connectivity index (χ3v) is 10.6. The van der Waals surface area contributed by atoms with Crippen LogP contribution >= 0.6 is 0 Å². The zero-order valence-corrected chi connectivity index (χ0v) is 23.2. The smallest absolute Gasteiger partial charge is 0.252 e. The molecule has 0 bridgehead atoms. The summed E-state index contributed by atoms with van der Waals surface area (Å²) < 4.78 is 33.6. The van der Waals surface area contributed by atoms with Gasteiger partial charge in [-0.1, -0.05) is 64.7 Å². The lowest BCUT2D eigenvalue weighted by molar-refractivity contribution is 0.0341. The van der Waals surface area contributed by atoms with Gasteiger partial charge in [-0.25, -0.2) is 4.18 Å². The lowest BCUT2D eigenvalue weighted by atomic mass is 9.53. The summed E-state index contributed by atoms with van der Waals surface area (Å²) in [4.78, 5) is 0. The van der Waals surface area contributed by atoms with Crippen molar-refractivity contribution < 1.29 is 16.8 Å². The molecule has 0 aromatic rings. The van der Waals surface area contributed by atoms with Gasteiger partial charge < -0.3 is 0 Å². The number of allylic oxidation sites excluding steroid dienone is 2. The summed E-state index contributed by atoms with van der Waals surface area (Å²) in [5.74, 6) is 4.75. The van der Waals surface area contributed by atoms with Crippen molar-refractivity contribution in [2.24, 2.45) is 40.9 Å². The van der Waals surface area contributed by atoms with Crippen LogP contribution in [-0.4, -0.2) is 21.6 Å². The lowest BCUT2D eigenvalue weighted by Crippen LogP contribution is -2.44. The van der Waals surface area contributed by atoms with Crippen LogP contribution in [-0.2, 0) is 18.8 Å². The van der Waals surface area contributed by atoms with Crippen LogP contribution in [0, 0.1) is 40.9 Å². The second kappa shape index (κ2) is 12.1. The van der Waals surface area contributed by atoms with Gasteiger partial charge in [-0.05, 0) is 98.7 Å². The van der Waals surface area contributed by atoms with Crippen LogP contribution in [0.2, 0.25) is 0 Å². The Morgan fingerprint density at radius 1 is 1.21 bits per heavy atom. The van der Waals surface area contributed by atoms with E-state index in [2.05, 4.69) is 50.6 Å². The summed E-state index contributed by atoms with van der Waals surface area (Å²) >= 11 is 0. The molecule has 5 heteroatoms. The molecule has 0 aliphatic heterocycles. The Hall–Kier alpha value is -0.650. The molecule has 0 N–H and O–H groups in total. The first-order valence-corrected chi connectivity index (χ1v) is 15.2. The predicted octanol–water partition coefficient (Wildman–Crippen LogP) is 7.86. The van der Waals surface area contributed by atoms with Gasteiger partial charge in [0.25, 0.3) is 0 Å². The summed E-state index contributed by atoms with van der Waals surface area (Å²) in [7, 11) is -2.73. The topological polar surface area (TPSA) is 52.6 Å². The van der Waals surface area contributed by atoms with Crippen molar-refractivity contribution in [3.8, 4) is 0 Å².